The zero-order chi connectivity index (χ0) is 8.72. The van der Waals surface area contributed by atoms with E-state index < -0.39 is 0 Å². The van der Waals surface area contributed by atoms with E-state index in [1.54, 1.807) is 0 Å². The lowest BCUT2D eigenvalue weighted by molar-refractivity contribution is -0.152. The first-order valence-corrected chi connectivity index (χ1v) is 4.59. The molecule has 0 N–H and O–H groups in total. The van der Waals surface area contributed by atoms with Gasteiger partial charge in [0.1, 0.15) is 0 Å². The van der Waals surface area contributed by atoms with Crippen molar-refractivity contribution in [2.24, 2.45) is 11.8 Å². The number of carbonyl (C=O) groups is 2. The first-order valence-electron chi connectivity index (χ1n) is 4.59. The number of hydrogen-bond acceptors (Lipinski definition) is 2. The van der Waals surface area contributed by atoms with E-state index in [-0.39, 0.29) is 23.7 Å². The van der Waals surface area contributed by atoms with Crippen molar-refractivity contribution in [2.45, 2.75) is 26.2 Å². The second-order valence-corrected chi connectivity index (χ2v) is 3.63. The Morgan fingerprint density at radius 2 is 1.75 bits per heavy atom. The Labute approximate surface area is 71.7 Å². The zero-order valence-electron chi connectivity index (χ0n) is 7.25. The van der Waals surface area contributed by atoms with E-state index >= 15 is 0 Å². The maximum absolute atomic E-state index is 11.5. The largest absolute Gasteiger partial charge is 0.282 e. The molecule has 3 nitrogen and oxygen atoms in total. The van der Waals surface area contributed by atoms with Crippen molar-refractivity contribution in [2.75, 3.05) is 6.54 Å². The Kier molecular flexibility index (Phi) is 1.67. The van der Waals surface area contributed by atoms with Crippen molar-refractivity contribution in [3.63, 3.8) is 0 Å². The Bertz CT molecular complexity index is 215. The lowest BCUT2D eigenvalue weighted by Gasteiger charge is -2.28. The second kappa shape index (κ2) is 2.57. The average molecular weight is 167 g/mol. The summed E-state index contributed by atoms with van der Waals surface area (Å²) < 4.78 is 0. The van der Waals surface area contributed by atoms with Crippen molar-refractivity contribution >= 4 is 11.8 Å². The minimum atomic E-state index is 0.0660. The molecule has 0 aromatic rings. The first-order chi connectivity index (χ1) is 5.74. The molecule has 66 valence electrons. The normalized spacial score (nSPS) is 34.6. The van der Waals surface area contributed by atoms with Crippen LogP contribution < -0.4 is 0 Å². The van der Waals surface area contributed by atoms with Crippen molar-refractivity contribution in [1.29, 1.82) is 0 Å². The minimum absolute atomic E-state index is 0.0660. The zero-order valence-corrected chi connectivity index (χ0v) is 7.25. The highest BCUT2D eigenvalue weighted by Crippen LogP contribution is 2.37. The molecule has 12 heavy (non-hydrogen) atoms. The van der Waals surface area contributed by atoms with Crippen LogP contribution in [0, 0.1) is 11.8 Å². The van der Waals surface area contributed by atoms with Gasteiger partial charge in [-0.25, -0.2) is 0 Å². The van der Waals surface area contributed by atoms with E-state index in [0.29, 0.717) is 6.54 Å². The summed E-state index contributed by atoms with van der Waals surface area (Å²) in [5.74, 6) is 0.452. The van der Waals surface area contributed by atoms with E-state index in [4.69, 9.17) is 0 Å². The molecule has 1 saturated carbocycles. The molecular weight excluding hydrogens is 154 g/mol. The quantitative estimate of drug-likeness (QED) is 0.541. The van der Waals surface area contributed by atoms with E-state index in [1.807, 2.05) is 6.92 Å². The van der Waals surface area contributed by atoms with Gasteiger partial charge in [0.25, 0.3) is 0 Å². The standard InChI is InChI=1S/C9H13NO2/c1-2-10-8(11)6-3-4-7(5-6)9(10)12/h6-7H,2-5H2,1H3/t6-,7?/m1/s1. The lowest BCUT2D eigenvalue weighted by atomic mass is 9.97. The van der Waals surface area contributed by atoms with Gasteiger partial charge in [0.05, 0.1) is 0 Å². The monoisotopic (exact) mass is 167 g/mol. The number of hydrogen-bond donors (Lipinski definition) is 0. The summed E-state index contributed by atoms with van der Waals surface area (Å²) in [4.78, 5) is 24.5. The molecular formula is C9H13NO2. The van der Waals surface area contributed by atoms with Gasteiger partial charge in [0, 0.05) is 18.4 Å². The Balaban J connectivity index is 2.26. The van der Waals surface area contributed by atoms with Crippen LogP contribution in [0.25, 0.3) is 0 Å². The fraction of sp³-hybridized carbons (Fsp3) is 0.778. The highest BCUT2D eigenvalue weighted by atomic mass is 16.2. The summed E-state index contributed by atoms with van der Waals surface area (Å²) in [7, 11) is 0. The SMILES string of the molecule is CCN1C(=O)C2CC[C@H](C2)C1=O. The molecule has 0 aromatic carbocycles. The first kappa shape index (κ1) is 7.77. The number of likely N-dealkylation sites (tertiary alicyclic amines) is 1. The third kappa shape index (κ3) is 0.886. The molecule has 3 heteroatoms. The van der Waals surface area contributed by atoms with Gasteiger partial charge in [-0.2, -0.15) is 0 Å². The Morgan fingerprint density at radius 3 is 2.17 bits per heavy atom. The minimum Gasteiger partial charge on any atom is -0.282 e. The van der Waals surface area contributed by atoms with Gasteiger partial charge < -0.3 is 0 Å². The van der Waals surface area contributed by atoms with Crippen LogP contribution >= 0.6 is 0 Å². The molecule has 2 rings (SSSR count). The number of carbonyl (C=O) groups excluding carboxylic acids is 2. The number of piperidine rings is 1. The molecule has 0 aromatic heterocycles. The van der Waals surface area contributed by atoms with Crippen molar-refractivity contribution < 1.29 is 9.59 Å². The predicted octanol–water partition coefficient (Wildman–Crippen LogP) is 0.791. The van der Waals surface area contributed by atoms with E-state index in [0.717, 1.165) is 19.3 Å². The van der Waals surface area contributed by atoms with Gasteiger partial charge in [-0.3, -0.25) is 14.5 Å². The molecule has 2 fully saturated rings. The maximum Gasteiger partial charge on any atom is 0.232 e. The number of rotatable bonds is 1. The fourth-order valence-corrected chi connectivity index (χ4v) is 2.29. The molecule has 1 aliphatic carbocycles. The van der Waals surface area contributed by atoms with Crippen LogP contribution in [0.15, 0.2) is 0 Å². The van der Waals surface area contributed by atoms with Crippen molar-refractivity contribution in [3.8, 4) is 0 Å². The number of amides is 2. The van der Waals surface area contributed by atoms with Crippen molar-refractivity contribution in [3.05, 3.63) is 0 Å². The molecule has 2 amide bonds. The Hall–Kier alpha value is -0.860. The summed E-state index contributed by atoms with van der Waals surface area (Å²) in [6.07, 6.45) is 2.66. The average Bonchev–Trinajstić information content (AvgIpc) is 2.48. The van der Waals surface area contributed by atoms with Crippen LogP contribution in [0.4, 0.5) is 0 Å². The molecule has 2 atom stereocenters. The Morgan fingerprint density at radius 1 is 1.25 bits per heavy atom. The number of fused-ring (bicyclic) bond motifs is 2. The molecule has 0 spiro atoms. The number of nitrogens with zero attached hydrogens (tertiary/aromatic N) is 1. The molecule has 1 aliphatic heterocycles. The molecule has 1 saturated heterocycles. The van der Waals surface area contributed by atoms with E-state index in [2.05, 4.69) is 0 Å². The molecule has 1 unspecified atom stereocenters. The van der Waals surface area contributed by atoms with Crippen molar-refractivity contribution in [1.82, 2.24) is 4.90 Å². The topological polar surface area (TPSA) is 37.4 Å². The van der Waals surface area contributed by atoms with Gasteiger partial charge in [-0.15, -0.1) is 0 Å². The maximum atomic E-state index is 11.5. The predicted molar refractivity (Wildman–Crippen MR) is 43.2 cm³/mol. The summed E-state index contributed by atoms with van der Waals surface area (Å²) in [5.41, 5.74) is 0. The second-order valence-electron chi connectivity index (χ2n) is 3.63. The van der Waals surface area contributed by atoms with Crippen LogP contribution in [0.1, 0.15) is 26.2 Å². The van der Waals surface area contributed by atoms with Crippen LogP contribution in [-0.2, 0) is 9.59 Å². The third-order valence-electron chi connectivity index (χ3n) is 2.98. The van der Waals surface area contributed by atoms with Crippen LogP contribution in [-0.4, -0.2) is 23.3 Å². The third-order valence-corrected chi connectivity index (χ3v) is 2.98. The van der Waals surface area contributed by atoms with Gasteiger partial charge in [0.2, 0.25) is 11.8 Å². The smallest absolute Gasteiger partial charge is 0.232 e. The van der Waals surface area contributed by atoms with E-state index in [9.17, 15) is 9.59 Å². The summed E-state index contributed by atoms with van der Waals surface area (Å²) in [6.45, 7) is 2.41. The molecule has 0 radical (unpaired) electrons. The van der Waals surface area contributed by atoms with Crippen LogP contribution in [0.2, 0.25) is 0 Å². The van der Waals surface area contributed by atoms with Gasteiger partial charge in [-0.05, 0) is 26.2 Å². The van der Waals surface area contributed by atoms with Gasteiger partial charge in [0.15, 0.2) is 0 Å². The summed E-state index contributed by atoms with van der Waals surface area (Å²) >= 11 is 0. The van der Waals surface area contributed by atoms with Gasteiger partial charge >= 0.3 is 0 Å². The van der Waals surface area contributed by atoms with E-state index in [1.165, 1.54) is 4.90 Å². The molecule has 1 heterocycles. The molecule has 2 aliphatic rings. The van der Waals surface area contributed by atoms with Crippen LogP contribution in [0.3, 0.4) is 0 Å². The highest BCUT2D eigenvalue weighted by molar-refractivity contribution is 6.00. The number of imide groups is 1. The molecule has 2 bridgehead atoms. The lowest BCUT2D eigenvalue weighted by Crippen LogP contribution is -2.45. The van der Waals surface area contributed by atoms with Crippen LogP contribution in [0.5, 0.6) is 0 Å². The summed E-state index contributed by atoms with van der Waals surface area (Å²) in [6, 6.07) is 0. The fourth-order valence-electron chi connectivity index (χ4n) is 2.29. The highest BCUT2D eigenvalue weighted by Gasteiger charge is 2.44. The summed E-state index contributed by atoms with van der Waals surface area (Å²) in [5, 5.41) is 0. The van der Waals surface area contributed by atoms with Gasteiger partial charge in [-0.1, -0.05) is 0 Å².